The minimum absolute atomic E-state index is 0.0568. The molecule has 166 valence electrons. The third-order valence-electron chi connectivity index (χ3n) is 4.38. The highest BCUT2D eigenvalue weighted by molar-refractivity contribution is 5.91. The zero-order valence-electron chi connectivity index (χ0n) is 18.2. The van der Waals surface area contributed by atoms with E-state index in [1.54, 1.807) is 24.3 Å². The topological polar surface area (TPSA) is 105 Å². The Hall–Kier alpha value is -3.35. The molecule has 31 heavy (non-hydrogen) atoms. The van der Waals surface area contributed by atoms with Crippen molar-refractivity contribution in [2.75, 3.05) is 11.9 Å². The van der Waals surface area contributed by atoms with E-state index < -0.39 is 17.7 Å². The Morgan fingerprint density at radius 1 is 0.871 bits per heavy atom. The van der Waals surface area contributed by atoms with E-state index in [1.807, 2.05) is 45.0 Å². The van der Waals surface area contributed by atoms with Crippen molar-refractivity contribution < 1.29 is 24.2 Å². The SMILES string of the molecule is CC(C)(C)OC(=O)NCCCCCC(=O)Nc1ccc(-c2ccc(C(=O)O)cc2)cc1. The first kappa shape index (κ1) is 23.9. The predicted molar refractivity (Wildman–Crippen MR) is 120 cm³/mol. The second kappa shape index (κ2) is 11.2. The van der Waals surface area contributed by atoms with Crippen LogP contribution in [0.3, 0.4) is 0 Å². The standard InChI is InChI=1S/C24H30N2O5/c1-24(2,3)31-23(30)25-16-6-4-5-7-21(27)26-20-14-12-18(13-15-20)17-8-10-19(11-9-17)22(28)29/h8-15H,4-7,16H2,1-3H3,(H,25,30)(H,26,27)(H,28,29). The van der Waals surface area contributed by atoms with Crippen LogP contribution < -0.4 is 10.6 Å². The van der Waals surface area contributed by atoms with E-state index in [-0.39, 0.29) is 11.5 Å². The van der Waals surface area contributed by atoms with Crippen LogP contribution >= 0.6 is 0 Å². The Morgan fingerprint density at radius 3 is 2.00 bits per heavy atom. The lowest BCUT2D eigenvalue weighted by Crippen LogP contribution is -2.33. The van der Waals surface area contributed by atoms with Crippen LogP contribution in [0.1, 0.15) is 56.8 Å². The fraction of sp³-hybridized carbons (Fsp3) is 0.375. The number of hydrogen-bond acceptors (Lipinski definition) is 4. The minimum Gasteiger partial charge on any atom is -0.478 e. The van der Waals surface area contributed by atoms with Crippen LogP contribution in [0.25, 0.3) is 11.1 Å². The Balaban J connectivity index is 1.68. The molecule has 0 heterocycles. The van der Waals surface area contributed by atoms with Gasteiger partial charge in [-0.15, -0.1) is 0 Å². The Bertz CT molecular complexity index is 884. The lowest BCUT2D eigenvalue weighted by Gasteiger charge is -2.19. The van der Waals surface area contributed by atoms with E-state index in [4.69, 9.17) is 9.84 Å². The summed E-state index contributed by atoms with van der Waals surface area (Å²) >= 11 is 0. The maximum Gasteiger partial charge on any atom is 0.407 e. The Labute approximate surface area is 182 Å². The molecule has 0 atom stereocenters. The summed E-state index contributed by atoms with van der Waals surface area (Å²) in [5.41, 5.74) is 2.29. The molecular formula is C24H30N2O5. The molecule has 7 nitrogen and oxygen atoms in total. The number of carboxylic acid groups (broad SMARTS) is 1. The van der Waals surface area contributed by atoms with Crippen molar-refractivity contribution in [3.8, 4) is 11.1 Å². The number of unbranched alkanes of at least 4 members (excludes halogenated alkanes) is 2. The molecule has 3 N–H and O–H groups in total. The van der Waals surface area contributed by atoms with Crippen LogP contribution in [0, 0.1) is 0 Å². The molecule has 0 aliphatic heterocycles. The van der Waals surface area contributed by atoms with Crippen molar-refractivity contribution in [3.05, 3.63) is 54.1 Å². The normalized spacial score (nSPS) is 10.9. The van der Waals surface area contributed by atoms with Gasteiger partial charge in [-0.2, -0.15) is 0 Å². The number of nitrogens with one attached hydrogen (secondary N) is 2. The molecule has 0 saturated carbocycles. The summed E-state index contributed by atoms with van der Waals surface area (Å²) in [4.78, 5) is 34.6. The second-order valence-corrected chi connectivity index (χ2v) is 8.25. The highest BCUT2D eigenvalue weighted by Gasteiger charge is 2.15. The van der Waals surface area contributed by atoms with Crippen LogP contribution in [-0.4, -0.2) is 35.2 Å². The Kier molecular flexibility index (Phi) is 8.61. The number of carboxylic acids is 1. The molecule has 2 aromatic carbocycles. The van der Waals surface area contributed by atoms with E-state index in [2.05, 4.69) is 10.6 Å². The molecule has 0 aliphatic rings. The van der Waals surface area contributed by atoms with Gasteiger partial charge in [0.1, 0.15) is 5.60 Å². The number of amides is 2. The van der Waals surface area contributed by atoms with E-state index in [0.29, 0.717) is 18.7 Å². The number of alkyl carbamates (subject to hydrolysis) is 1. The molecular weight excluding hydrogens is 396 g/mol. The Morgan fingerprint density at radius 2 is 1.45 bits per heavy atom. The van der Waals surface area contributed by atoms with E-state index in [9.17, 15) is 14.4 Å². The van der Waals surface area contributed by atoms with Gasteiger partial charge in [-0.3, -0.25) is 4.79 Å². The van der Waals surface area contributed by atoms with Crippen molar-refractivity contribution in [2.45, 2.75) is 52.1 Å². The molecule has 2 rings (SSSR count). The molecule has 0 bridgehead atoms. The van der Waals surface area contributed by atoms with Crippen molar-refractivity contribution in [2.24, 2.45) is 0 Å². The van der Waals surface area contributed by atoms with E-state index in [0.717, 1.165) is 30.4 Å². The van der Waals surface area contributed by atoms with Gasteiger partial charge in [0.05, 0.1) is 5.56 Å². The van der Waals surface area contributed by atoms with Crippen molar-refractivity contribution in [1.82, 2.24) is 5.32 Å². The highest BCUT2D eigenvalue weighted by atomic mass is 16.6. The van der Waals surface area contributed by atoms with Gasteiger partial charge in [-0.1, -0.05) is 30.7 Å². The number of hydrogen-bond donors (Lipinski definition) is 3. The van der Waals surface area contributed by atoms with Gasteiger partial charge < -0.3 is 20.5 Å². The van der Waals surface area contributed by atoms with Gasteiger partial charge in [0.25, 0.3) is 0 Å². The molecule has 0 fully saturated rings. The maximum atomic E-state index is 12.1. The third kappa shape index (κ3) is 8.90. The molecule has 0 unspecified atom stereocenters. The molecule has 0 aliphatic carbocycles. The quantitative estimate of drug-likeness (QED) is 0.485. The zero-order chi connectivity index (χ0) is 22.9. The van der Waals surface area contributed by atoms with Crippen LogP contribution in [-0.2, 0) is 9.53 Å². The lowest BCUT2D eigenvalue weighted by molar-refractivity contribution is -0.116. The van der Waals surface area contributed by atoms with Gasteiger partial charge in [0.15, 0.2) is 0 Å². The fourth-order valence-corrected chi connectivity index (χ4v) is 2.87. The monoisotopic (exact) mass is 426 g/mol. The lowest BCUT2D eigenvalue weighted by atomic mass is 10.0. The molecule has 2 aromatic rings. The number of aromatic carboxylic acids is 1. The summed E-state index contributed by atoms with van der Waals surface area (Å²) in [5.74, 6) is -1.01. The van der Waals surface area contributed by atoms with E-state index >= 15 is 0 Å². The maximum absolute atomic E-state index is 12.1. The summed E-state index contributed by atoms with van der Waals surface area (Å²) in [6.07, 6.45) is 2.32. The molecule has 0 aromatic heterocycles. The number of rotatable bonds is 9. The fourth-order valence-electron chi connectivity index (χ4n) is 2.87. The first-order valence-corrected chi connectivity index (χ1v) is 10.3. The summed E-state index contributed by atoms with van der Waals surface area (Å²) in [6.45, 7) is 5.97. The largest absolute Gasteiger partial charge is 0.478 e. The molecule has 0 radical (unpaired) electrons. The first-order chi connectivity index (χ1) is 14.6. The molecule has 0 saturated heterocycles. The minimum atomic E-state index is -0.955. The molecule has 7 heteroatoms. The van der Waals surface area contributed by atoms with Gasteiger partial charge in [0, 0.05) is 18.7 Å². The smallest absolute Gasteiger partial charge is 0.407 e. The van der Waals surface area contributed by atoms with Crippen molar-refractivity contribution in [1.29, 1.82) is 0 Å². The molecule has 2 amide bonds. The predicted octanol–water partition coefficient (Wildman–Crippen LogP) is 5.08. The van der Waals surface area contributed by atoms with Gasteiger partial charge in [-0.25, -0.2) is 9.59 Å². The number of anilines is 1. The first-order valence-electron chi connectivity index (χ1n) is 10.3. The van der Waals surface area contributed by atoms with Gasteiger partial charge >= 0.3 is 12.1 Å². The van der Waals surface area contributed by atoms with Gasteiger partial charge in [0.2, 0.25) is 5.91 Å². The van der Waals surface area contributed by atoms with Crippen LogP contribution in [0.4, 0.5) is 10.5 Å². The van der Waals surface area contributed by atoms with Crippen LogP contribution in [0.2, 0.25) is 0 Å². The molecule has 0 spiro atoms. The van der Waals surface area contributed by atoms with E-state index in [1.165, 1.54) is 0 Å². The summed E-state index contributed by atoms with van der Waals surface area (Å²) in [5, 5.41) is 14.5. The number of ether oxygens (including phenoxy) is 1. The highest BCUT2D eigenvalue weighted by Crippen LogP contribution is 2.22. The van der Waals surface area contributed by atoms with Crippen molar-refractivity contribution in [3.63, 3.8) is 0 Å². The van der Waals surface area contributed by atoms with Crippen molar-refractivity contribution >= 4 is 23.7 Å². The zero-order valence-corrected chi connectivity index (χ0v) is 18.2. The average Bonchev–Trinajstić information content (AvgIpc) is 2.70. The average molecular weight is 427 g/mol. The summed E-state index contributed by atoms with van der Waals surface area (Å²) in [6, 6.07) is 14.1. The number of carbonyl (C=O) groups is 3. The number of carbonyl (C=O) groups excluding carboxylic acids is 2. The summed E-state index contributed by atoms with van der Waals surface area (Å²) < 4.78 is 5.16. The van der Waals surface area contributed by atoms with Crippen LogP contribution in [0.5, 0.6) is 0 Å². The van der Waals surface area contributed by atoms with Crippen LogP contribution in [0.15, 0.2) is 48.5 Å². The second-order valence-electron chi connectivity index (χ2n) is 8.25. The number of benzene rings is 2. The van der Waals surface area contributed by atoms with Gasteiger partial charge in [-0.05, 0) is 69.0 Å². The summed E-state index contributed by atoms with van der Waals surface area (Å²) in [7, 11) is 0. The third-order valence-corrected chi connectivity index (χ3v) is 4.38.